The van der Waals surface area contributed by atoms with Gasteiger partial charge in [-0.15, -0.1) is 0 Å². The van der Waals surface area contributed by atoms with Crippen LogP contribution < -0.4 is 11.1 Å². The molecule has 1 heterocycles. The van der Waals surface area contributed by atoms with Crippen LogP contribution in [0.1, 0.15) is 37.0 Å². The van der Waals surface area contributed by atoms with Gasteiger partial charge < -0.3 is 20.7 Å². The molecule has 0 saturated carbocycles. The van der Waals surface area contributed by atoms with Gasteiger partial charge in [-0.1, -0.05) is 13.8 Å². The lowest BCUT2D eigenvalue weighted by Gasteiger charge is -2.29. The van der Waals surface area contributed by atoms with E-state index in [9.17, 15) is 18.8 Å². The van der Waals surface area contributed by atoms with E-state index in [1.54, 1.807) is 13.8 Å². The van der Waals surface area contributed by atoms with Gasteiger partial charge in [-0.25, -0.2) is 4.39 Å². The lowest BCUT2D eigenvalue weighted by Crippen LogP contribution is -2.52. The molecule has 6 nitrogen and oxygen atoms in total. The molecule has 0 unspecified atom stereocenters. The Morgan fingerprint density at radius 2 is 2.12 bits per heavy atom. The van der Waals surface area contributed by atoms with Crippen molar-refractivity contribution in [2.75, 3.05) is 12.3 Å². The second-order valence-electron chi connectivity index (χ2n) is 6.31. The zero-order chi connectivity index (χ0) is 17.9. The zero-order valence-corrected chi connectivity index (χ0v) is 13.8. The van der Waals surface area contributed by atoms with Crippen LogP contribution >= 0.6 is 0 Å². The molecule has 0 radical (unpaired) electrons. The van der Waals surface area contributed by atoms with Crippen molar-refractivity contribution in [3.63, 3.8) is 0 Å². The van der Waals surface area contributed by atoms with Gasteiger partial charge in [-0.2, -0.15) is 0 Å². The number of amides is 2. The first-order chi connectivity index (χ1) is 11.3. The number of anilines is 1. The van der Waals surface area contributed by atoms with Crippen LogP contribution in [0, 0.1) is 11.7 Å². The number of carbonyl (C=O) groups is 3. The van der Waals surface area contributed by atoms with Gasteiger partial charge in [0.1, 0.15) is 18.1 Å². The number of aldehydes is 1. The Hall–Kier alpha value is -2.44. The highest BCUT2D eigenvalue weighted by Crippen LogP contribution is 2.19. The van der Waals surface area contributed by atoms with E-state index >= 15 is 0 Å². The minimum absolute atomic E-state index is 0.170. The number of carbonyl (C=O) groups excluding carboxylic acids is 3. The van der Waals surface area contributed by atoms with Gasteiger partial charge in [0, 0.05) is 12.2 Å². The fourth-order valence-corrected chi connectivity index (χ4v) is 2.83. The number of benzene rings is 1. The lowest BCUT2D eigenvalue weighted by molar-refractivity contribution is -0.137. The van der Waals surface area contributed by atoms with E-state index < -0.39 is 23.8 Å². The first kappa shape index (κ1) is 17.9. The first-order valence-electron chi connectivity index (χ1n) is 7.96. The van der Waals surface area contributed by atoms with Gasteiger partial charge in [0.15, 0.2) is 0 Å². The number of nitrogens with two attached hydrogens (primary N) is 1. The summed E-state index contributed by atoms with van der Waals surface area (Å²) in [5.74, 6) is -1.94. The van der Waals surface area contributed by atoms with Crippen molar-refractivity contribution in [2.45, 2.75) is 38.8 Å². The van der Waals surface area contributed by atoms with Crippen LogP contribution in [0.3, 0.4) is 0 Å². The Kier molecular flexibility index (Phi) is 5.54. The van der Waals surface area contributed by atoms with Crippen molar-refractivity contribution < 1.29 is 18.8 Å². The fraction of sp³-hybridized carbons (Fsp3) is 0.471. The molecule has 3 N–H and O–H groups in total. The predicted molar refractivity (Wildman–Crippen MR) is 87.7 cm³/mol. The molecule has 2 rings (SSSR count). The summed E-state index contributed by atoms with van der Waals surface area (Å²) in [7, 11) is 0. The summed E-state index contributed by atoms with van der Waals surface area (Å²) in [6, 6.07) is 2.49. The average Bonchev–Trinajstić information content (AvgIpc) is 3.00. The van der Waals surface area contributed by atoms with Crippen LogP contribution in [0.4, 0.5) is 10.1 Å². The SMILES string of the molecule is CC(C)[C@H](NC(=O)c1ccc(N)cc1F)C(=O)N1CCC[C@H]1C=O. The van der Waals surface area contributed by atoms with Gasteiger partial charge in [0.05, 0.1) is 11.6 Å². The number of nitrogen functional groups attached to an aromatic ring is 1. The number of halogens is 1. The smallest absolute Gasteiger partial charge is 0.254 e. The summed E-state index contributed by atoms with van der Waals surface area (Å²) >= 11 is 0. The monoisotopic (exact) mass is 335 g/mol. The summed E-state index contributed by atoms with van der Waals surface area (Å²) in [6.45, 7) is 4.06. The first-order valence-corrected chi connectivity index (χ1v) is 7.96. The molecule has 0 aromatic heterocycles. The number of nitrogens with zero attached hydrogens (tertiary/aromatic N) is 1. The Balaban J connectivity index is 2.17. The Morgan fingerprint density at radius 1 is 1.42 bits per heavy atom. The molecule has 1 fully saturated rings. The maximum absolute atomic E-state index is 13.9. The Bertz CT molecular complexity index is 648. The largest absolute Gasteiger partial charge is 0.399 e. The molecule has 0 aliphatic carbocycles. The van der Waals surface area contributed by atoms with E-state index in [0.717, 1.165) is 18.8 Å². The molecule has 0 spiro atoms. The average molecular weight is 335 g/mol. The minimum atomic E-state index is -0.824. The molecule has 0 bridgehead atoms. The summed E-state index contributed by atoms with van der Waals surface area (Å²) < 4.78 is 13.9. The number of hydrogen-bond donors (Lipinski definition) is 2. The quantitative estimate of drug-likeness (QED) is 0.627. The van der Waals surface area contributed by atoms with E-state index in [1.807, 2.05) is 0 Å². The van der Waals surface area contributed by atoms with Crippen molar-refractivity contribution in [2.24, 2.45) is 5.92 Å². The van der Waals surface area contributed by atoms with Crippen LogP contribution in [0.25, 0.3) is 0 Å². The second-order valence-corrected chi connectivity index (χ2v) is 6.31. The van der Waals surface area contributed by atoms with E-state index in [0.29, 0.717) is 13.0 Å². The lowest BCUT2D eigenvalue weighted by atomic mass is 10.0. The third-order valence-electron chi connectivity index (χ3n) is 4.20. The Labute approximate surface area is 140 Å². The summed E-state index contributed by atoms with van der Waals surface area (Å²) in [6.07, 6.45) is 2.13. The second kappa shape index (κ2) is 7.42. The summed E-state index contributed by atoms with van der Waals surface area (Å²) in [5.41, 5.74) is 5.52. The van der Waals surface area contributed by atoms with E-state index in [2.05, 4.69) is 5.32 Å². The number of likely N-dealkylation sites (tertiary alicyclic amines) is 1. The van der Waals surface area contributed by atoms with Crippen LogP contribution in [0.15, 0.2) is 18.2 Å². The number of rotatable bonds is 5. The number of hydrogen-bond acceptors (Lipinski definition) is 4. The maximum Gasteiger partial charge on any atom is 0.254 e. The summed E-state index contributed by atoms with van der Waals surface area (Å²) in [5, 5.41) is 2.59. The maximum atomic E-state index is 13.9. The molecule has 2 amide bonds. The van der Waals surface area contributed by atoms with E-state index in [-0.39, 0.29) is 23.1 Å². The molecule has 1 aliphatic heterocycles. The van der Waals surface area contributed by atoms with Gasteiger partial charge in [0.25, 0.3) is 5.91 Å². The van der Waals surface area contributed by atoms with Gasteiger partial charge in [-0.3, -0.25) is 9.59 Å². The van der Waals surface area contributed by atoms with Crippen molar-refractivity contribution in [1.82, 2.24) is 10.2 Å². The molecule has 130 valence electrons. The molecule has 2 atom stereocenters. The van der Waals surface area contributed by atoms with Crippen LogP contribution in [0.5, 0.6) is 0 Å². The van der Waals surface area contributed by atoms with Crippen molar-refractivity contribution in [3.8, 4) is 0 Å². The molecule has 24 heavy (non-hydrogen) atoms. The zero-order valence-electron chi connectivity index (χ0n) is 13.8. The van der Waals surface area contributed by atoms with Crippen molar-refractivity contribution in [1.29, 1.82) is 0 Å². The molecular formula is C17H22FN3O3. The fourth-order valence-electron chi connectivity index (χ4n) is 2.83. The van der Waals surface area contributed by atoms with Gasteiger partial charge in [-0.05, 0) is 37.0 Å². The number of nitrogens with one attached hydrogen (secondary N) is 1. The molecule has 1 aliphatic rings. The highest BCUT2D eigenvalue weighted by molar-refractivity contribution is 5.98. The molecular weight excluding hydrogens is 313 g/mol. The van der Waals surface area contributed by atoms with Crippen LogP contribution in [-0.2, 0) is 9.59 Å². The third-order valence-corrected chi connectivity index (χ3v) is 4.20. The standard InChI is InChI=1S/C17H22FN3O3/c1-10(2)15(17(24)21-7-3-4-12(21)9-22)20-16(23)13-6-5-11(19)8-14(13)18/h5-6,8-10,12,15H,3-4,7,19H2,1-2H3,(H,20,23)/t12-,15-/m0/s1. The van der Waals surface area contributed by atoms with Gasteiger partial charge in [0.2, 0.25) is 5.91 Å². The van der Waals surface area contributed by atoms with Gasteiger partial charge >= 0.3 is 0 Å². The summed E-state index contributed by atoms with van der Waals surface area (Å²) in [4.78, 5) is 37.6. The molecule has 1 aromatic rings. The normalized spacial score (nSPS) is 18.5. The van der Waals surface area contributed by atoms with Crippen LogP contribution in [-0.4, -0.2) is 41.6 Å². The highest BCUT2D eigenvalue weighted by atomic mass is 19.1. The molecule has 7 heteroatoms. The van der Waals surface area contributed by atoms with E-state index in [4.69, 9.17) is 5.73 Å². The van der Waals surface area contributed by atoms with Crippen molar-refractivity contribution >= 4 is 23.8 Å². The predicted octanol–water partition coefficient (Wildman–Crippen LogP) is 1.35. The molecule has 1 aromatic carbocycles. The third kappa shape index (κ3) is 3.72. The minimum Gasteiger partial charge on any atom is -0.399 e. The topological polar surface area (TPSA) is 92.5 Å². The van der Waals surface area contributed by atoms with Crippen molar-refractivity contribution in [3.05, 3.63) is 29.6 Å². The van der Waals surface area contributed by atoms with E-state index in [1.165, 1.54) is 17.0 Å². The van der Waals surface area contributed by atoms with Crippen LogP contribution in [0.2, 0.25) is 0 Å². The highest BCUT2D eigenvalue weighted by Gasteiger charge is 2.35. The molecule has 1 saturated heterocycles. The Morgan fingerprint density at radius 3 is 2.71 bits per heavy atom.